The zero-order chi connectivity index (χ0) is 13.8. The third kappa shape index (κ3) is 4.06. The van der Waals surface area contributed by atoms with Crippen LogP contribution in [0.2, 0.25) is 0 Å². The first-order valence-electron chi connectivity index (χ1n) is 6.25. The van der Waals surface area contributed by atoms with Crippen LogP contribution in [0, 0.1) is 5.41 Å². The third-order valence-electron chi connectivity index (χ3n) is 3.04. The van der Waals surface area contributed by atoms with Crippen molar-refractivity contribution in [2.45, 2.75) is 40.0 Å². The van der Waals surface area contributed by atoms with E-state index in [9.17, 15) is 4.79 Å². The van der Waals surface area contributed by atoms with E-state index in [4.69, 9.17) is 9.84 Å². The fourth-order valence-corrected chi connectivity index (χ4v) is 2.24. The van der Waals surface area contributed by atoms with Gasteiger partial charge in [-0.15, -0.1) is 0 Å². The Balaban J connectivity index is 2.88. The van der Waals surface area contributed by atoms with Gasteiger partial charge in [-0.3, -0.25) is 4.79 Å². The van der Waals surface area contributed by atoms with E-state index >= 15 is 0 Å². The molecule has 0 aliphatic heterocycles. The Morgan fingerprint density at radius 2 is 2.06 bits per heavy atom. The molecule has 3 heteroatoms. The smallest absolute Gasteiger partial charge is 0.303 e. The second-order valence-electron chi connectivity index (χ2n) is 5.41. The SMILES string of the molecule is CCc1cc(CC(C)(C)CC(=O)O)ccc1OC. The van der Waals surface area contributed by atoms with Gasteiger partial charge in [-0.05, 0) is 35.4 Å². The first-order valence-corrected chi connectivity index (χ1v) is 6.25. The van der Waals surface area contributed by atoms with Gasteiger partial charge in [0.15, 0.2) is 0 Å². The fraction of sp³-hybridized carbons (Fsp3) is 0.533. The number of methoxy groups -OCH3 is 1. The molecule has 1 N–H and O–H groups in total. The molecular formula is C15H22O3. The molecule has 3 nitrogen and oxygen atoms in total. The summed E-state index contributed by atoms with van der Waals surface area (Å²) >= 11 is 0. The minimum Gasteiger partial charge on any atom is -0.496 e. The molecule has 0 unspecified atom stereocenters. The van der Waals surface area contributed by atoms with Crippen LogP contribution in [0.4, 0.5) is 0 Å². The summed E-state index contributed by atoms with van der Waals surface area (Å²) < 4.78 is 5.29. The molecule has 0 saturated heterocycles. The summed E-state index contributed by atoms with van der Waals surface area (Å²) in [5, 5.41) is 8.89. The lowest BCUT2D eigenvalue weighted by atomic mass is 9.82. The van der Waals surface area contributed by atoms with E-state index in [0.717, 1.165) is 18.6 Å². The van der Waals surface area contributed by atoms with E-state index < -0.39 is 5.97 Å². The van der Waals surface area contributed by atoms with Crippen LogP contribution >= 0.6 is 0 Å². The standard InChI is InChI=1S/C15H22O3/c1-5-12-8-11(6-7-13(12)18-4)9-15(2,3)10-14(16)17/h6-8H,5,9-10H2,1-4H3,(H,16,17). The second kappa shape index (κ2) is 5.89. The number of rotatable bonds is 6. The number of aryl methyl sites for hydroxylation is 1. The van der Waals surface area contributed by atoms with Gasteiger partial charge in [0.05, 0.1) is 13.5 Å². The van der Waals surface area contributed by atoms with Crippen molar-refractivity contribution < 1.29 is 14.6 Å². The number of ether oxygens (including phenoxy) is 1. The molecule has 100 valence electrons. The number of hydrogen-bond donors (Lipinski definition) is 1. The Labute approximate surface area is 109 Å². The Hall–Kier alpha value is -1.51. The maximum absolute atomic E-state index is 10.8. The van der Waals surface area contributed by atoms with Crippen LogP contribution in [-0.4, -0.2) is 18.2 Å². The van der Waals surface area contributed by atoms with E-state index in [1.807, 2.05) is 26.0 Å². The monoisotopic (exact) mass is 250 g/mol. The average molecular weight is 250 g/mol. The highest BCUT2D eigenvalue weighted by Crippen LogP contribution is 2.28. The molecule has 18 heavy (non-hydrogen) atoms. The Morgan fingerprint density at radius 3 is 2.56 bits per heavy atom. The zero-order valence-electron chi connectivity index (χ0n) is 11.6. The van der Waals surface area contributed by atoms with Gasteiger partial charge in [-0.25, -0.2) is 0 Å². The Bertz CT molecular complexity index is 422. The minimum absolute atomic E-state index is 0.181. The molecule has 0 aliphatic carbocycles. The van der Waals surface area contributed by atoms with Crippen LogP contribution < -0.4 is 4.74 Å². The molecule has 1 aromatic carbocycles. The highest BCUT2D eigenvalue weighted by Gasteiger charge is 2.22. The highest BCUT2D eigenvalue weighted by atomic mass is 16.5. The molecule has 0 radical (unpaired) electrons. The van der Waals surface area contributed by atoms with Crippen LogP contribution in [0.1, 0.15) is 38.3 Å². The molecule has 0 aliphatic rings. The summed E-state index contributed by atoms with van der Waals surface area (Å²) in [5.74, 6) is 0.154. The fourth-order valence-electron chi connectivity index (χ4n) is 2.24. The largest absolute Gasteiger partial charge is 0.496 e. The topological polar surface area (TPSA) is 46.5 Å². The van der Waals surface area contributed by atoms with Crippen molar-refractivity contribution in [1.82, 2.24) is 0 Å². The summed E-state index contributed by atoms with van der Waals surface area (Å²) in [7, 11) is 1.67. The number of hydrogen-bond acceptors (Lipinski definition) is 2. The van der Waals surface area contributed by atoms with Crippen molar-refractivity contribution in [1.29, 1.82) is 0 Å². The van der Waals surface area contributed by atoms with Crippen LogP contribution in [0.25, 0.3) is 0 Å². The van der Waals surface area contributed by atoms with Crippen molar-refractivity contribution in [3.63, 3.8) is 0 Å². The van der Waals surface area contributed by atoms with Crippen LogP contribution in [0.5, 0.6) is 5.75 Å². The van der Waals surface area contributed by atoms with E-state index in [1.54, 1.807) is 7.11 Å². The zero-order valence-corrected chi connectivity index (χ0v) is 11.6. The summed E-state index contributed by atoms with van der Waals surface area (Å²) in [6, 6.07) is 6.09. The Kier molecular flexibility index (Phi) is 4.76. The average Bonchev–Trinajstić information content (AvgIpc) is 2.26. The molecule has 0 amide bonds. The van der Waals surface area contributed by atoms with Gasteiger partial charge in [0, 0.05) is 0 Å². The molecule has 0 spiro atoms. The summed E-state index contributed by atoms with van der Waals surface area (Å²) in [6.45, 7) is 6.05. The van der Waals surface area contributed by atoms with Crippen molar-refractivity contribution >= 4 is 5.97 Å². The number of carbonyl (C=O) groups is 1. The molecule has 1 aromatic rings. The van der Waals surface area contributed by atoms with Gasteiger partial charge < -0.3 is 9.84 Å². The first kappa shape index (κ1) is 14.6. The predicted molar refractivity (Wildman–Crippen MR) is 72.1 cm³/mol. The van der Waals surface area contributed by atoms with Crippen molar-refractivity contribution in [3.8, 4) is 5.75 Å². The third-order valence-corrected chi connectivity index (χ3v) is 3.04. The molecule has 0 atom stereocenters. The predicted octanol–water partition coefficient (Wildman–Crippen LogP) is 3.30. The van der Waals surface area contributed by atoms with Crippen molar-refractivity contribution in [2.75, 3.05) is 7.11 Å². The summed E-state index contributed by atoms with van der Waals surface area (Å²) in [4.78, 5) is 10.8. The lowest BCUT2D eigenvalue weighted by Gasteiger charge is -2.23. The molecule has 0 bridgehead atoms. The van der Waals surface area contributed by atoms with E-state index in [-0.39, 0.29) is 11.8 Å². The van der Waals surface area contributed by atoms with Crippen molar-refractivity contribution in [3.05, 3.63) is 29.3 Å². The van der Waals surface area contributed by atoms with Crippen LogP contribution in [0.3, 0.4) is 0 Å². The lowest BCUT2D eigenvalue weighted by Crippen LogP contribution is -2.19. The quantitative estimate of drug-likeness (QED) is 0.842. The molecule has 0 aromatic heterocycles. The van der Waals surface area contributed by atoms with Gasteiger partial charge in [-0.1, -0.05) is 32.9 Å². The van der Waals surface area contributed by atoms with Crippen LogP contribution in [-0.2, 0) is 17.6 Å². The van der Waals surface area contributed by atoms with E-state index in [2.05, 4.69) is 13.0 Å². The Morgan fingerprint density at radius 1 is 1.39 bits per heavy atom. The summed E-state index contributed by atoms with van der Waals surface area (Å²) in [5.41, 5.74) is 2.10. The molecule has 0 heterocycles. The van der Waals surface area contributed by atoms with Crippen molar-refractivity contribution in [2.24, 2.45) is 5.41 Å². The second-order valence-corrected chi connectivity index (χ2v) is 5.41. The van der Waals surface area contributed by atoms with E-state index in [0.29, 0.717) is 0 Å². The molecule has 1 rings (SSSR count). The lowest BCUT2D eigenvalue weighted by molar-refractivity contribution is -0.139. The number of aliphatic carboxylic acids is 1. The van der Waals surface area contributed by atoms with Gasteiger partial charge in [-0.2, -0.15) is 0 Å². The van der Waals surface area contributed by atoms with Gasteiger partial charge in [0.25, 0.3) is 0 Å². The van der Waals surface area contributed by atoms with Gasteiger partial charge in [0.1, 0.15) is 5.75 Å². The summed E-state index contributed by atoms with van der Waals surface area (Å²) in [6.07, 6.45) is 1.85. The number of carboxylic acids is 1. The molecular weight excluding hydrogens is 228 g/mol. The molecule has 0 saturated carbocycles. The first-order chi connectivity index (χ1) is 8.38. The number of benzene rings is 1. The van der Waals surface area contributed by atoms with E-state index in [1.165, 1.54) is 11.1 Å². The maximum atomic E-state index is 10.8. The van der Waals surface area contributed by atoms with Gasteiger partial charge >= 0.3 is 5.97 Å². The van der Waals surface area contributed by atoms with Gasteiger partial charge in [0.2, 0.25) is 0 Å². The van der Waals surface area contributed by atoms with Crippen LogP contribution in [0.15, 0.2) is 18.2 Å². The highest BCUT2D eigenvalue weighted by molar-refractivity contribution is 5.67. The normalized spacial score (nSPS) is 11.3. The minimum atomic E-state index is -0.746. The maximum Gasteiger partial charge on any atom is 0.303 e. The number of carboxylic acid groups (broad SMARTS) is 1. The molecule has 0 fully saturated rings.